The molecule has 2 aliphatic carbocycles. The van der Waals surface area contributed by atoms with Gasteiger partial charge in [0.15, 0.2) is 0 Å². The van der Waals surface area contributed by atoms with Gasteiger partial charge >= 0.3 is 0 Å². The lowest BCUT2D eigenvalue weighted by molar-refractivity contribution is 0.0817. The van der Waals surface area contributed by atoms with Crippen LogP contribution < -0.4 is 0 Å². The van der Waals surface area contributed by atoms with Crippen LogP contribution in [0.25, 0.3) is 17.2 Å². The van der Waals surface area contributed by atoms with Crippen molar-refractivity contribution in [1.29, 1.82) is 0 Å². The zero-order valence-electron chi connectivity index (χ0n) is 26.2. The van der Waals surface area contributed by atoms with E-state index in [0.717, 1.165) is 40.0 Å². The number of carbonyl (C=O) groups is 2. The van der Waals surface area contributed by atoms with Crippen LogP contribution in [0.5, 0.6) is 0 Å². The number of ketones is 2. The smallest absolute Gasteiger partial charge is 0.233 e. The summed E-state index contributed by atoms with van der Waals surface area (Å²) in [5.74, 6) is -0.0134. The quantitative estimate of drug-likeness (QED) is 0.165. The van der Waals surface area contributed by atoms with Gasteiger partial charge in [0.05, 0.1) is 0 Å². The average Bonchev–Trinajstić information content (AvgIpc) is 3.49. The highest BCUT2D eigenvalue weighted by atomic mass is 32.3. The molecular weight excluding hydrogens is 593 g/mol. The van der Waals surface area contributed by atoms with E-state index in [2.05, 4.69) is 146 Å². The lowest BCUT2D eigenvalue weighted by Gasteiger charge is -2.42. The molecule has 0 saturated heterocycles. The Kier molecular flexibility index (Phi) is 7.35. The summed E-state index contributed by atoms with van der Waals surface area (Å²) in [6.45, 7) is 2.15. The second kappa shape index (κ2) is 11.8. The molecule has 3 heteroatoms. The minimum absolute atomic E-state index is 0.0630. The van der Waals surface area contributed by atoms with Crippen molar-refractivity contribution in [2.45, 2.75) is 39.7 Å². The predicted molar refractivity (Wildman–Crippen MR) is 193 cm³/mol. The first kappa shape index (κ1) is 29.2. The van der Waals surface area contributed by atoms with Crippen molar-refractivity contribution in [2.75, 3.05) is 0 Å². The van der Waals surface area contributed by atoms with Crippen LogP contribution in [0.3, 0.4) is 0 Å². The Morgan fingerprint density at radius 3 is 1.77 bits per heavy atom. The highest BCUT2D eigenvalue weighted by Crippen LogP contribution is 2.70. The summed E-state index contributed by atoms with van der Waals surface area (Å²) in [5, 5.41) is 0. The molecule has 6 aromatic rings. The van der Waals surface area contributed by atoms with E-state index in [1.807, 2.05) is 18.2 Å². The molecule has 0 heterocycles. The molecule has 47 heavy (non-hydrogen) atoms. The standard InChI is InChI=1S/C44H34O2S/c1-2-31-27-34-15-12-20-39-42(34)41(31)38-26-23-33(28-40(38)44(46)43(39)45)32-21-24-37(25-22-32)47(35-16-8-4-9-17-35,36-18-10-5-11-19-36)29-30-13-6-3-7-14-30/h3-28,41H,2,29H2,1H3/t41-/m1/s1. The summed E-state index contributed by atoms with van der Waals surface area (Å²) < 4.78 is 0. The van der Waals surface area contributed by atoms with Gasteiger partial charge < -0.3 is 0 Å². The highest BCUT2D eigenvalue weighted by molar-refractivity contribution is 8.33. The average molecular weight is 627 g/mol. The number of Topliss-reactive ketones (excluding diaryl/α,β-unsaturated/α-hetero) is 2. The number of hydrogen-bond acceptors (Lipinski definition) is 2. The van der Waals surface area contributed by atoms with Crippen LogP contribution in [0.1, 0.15) is 62.2 Å². The van der Waals surface area contributed by atoms with E-state index < -0.39 is 21.6 Å². The number of fused-ring (bicyclic) bond motifs is 2. The molecule has 0 saturated carbocycles. The molecule has 6 aromatic carbocycles. The van der Waals surface area contributed by atoms with Gasteiger partial charge in [-0.2, -0.15) is 10.0 Å². The van der Waals surface area contributed by atoms with Crippen LogP contribution in [0.2, 0.25) is 0 Å². The van der Waals surface area contributed by atoms with Gasteiger partial charge in [0.1, 0.15) is 0 Å². The van der Waals surface area contributed by atoms with E-state index >= 15 is 0 Å². The fraction of sp³-hybridized carbons (Fsp3) is 0.0909. The third kappa shape index (κ3) is 4.81. The summed E-state index contributed by atoms with van der Waals surface area (Å²) in [5.41, 5.74) is 8.52. The first-order valence-corrected chi connectivity index (χ1v) is 18.0. The fourth-order valence-corrected chi connectivity index (χ4v) is 11.3. The lowest BCUT2D eigenvalue weighted by Crippen LogP contribution is -2.14. The Balaban J connectivity index is 1.25. The first-order chi connectivity index (χ1) is 23.1. The molecule has 0 N–H and O–H groups in total. The molecule has 2 aliphatic rings. The summed E-state index contributed by atoms with van der Waals surface area (Å²) in [4.78, 5) is 31.2. The van der Waals surface area contributed by atoms with E-state index in [1.165, 1.54) is 25.8 Å². The van der Waals surface area contributed by atoms with Gasteiger partial charge in [-0.3, -0.25) is 9.59 Å². The minimum Gasteiger partial charge on any atom is -0.285 e. The fourth-order valence-electron chi connectivity index (χ4n) is 7.46. The van der Waals surface area contributed by atoms with Gasteiger partial charge in [-0.05, 0) is 97.0 Å². The molecular formula is C44H34O2S. The van der Waals surface area contributed by atoms with E-state index in [4.69, 9.17) is 0 Å². The van der Waals surface area contributed by atoms with Crippen LogP contribution >= 0.6 is 10.0 Å². The second-order valence-electron chi connectivity index (χ2n) is 12.3. The molecule has 228 valence electrons. The third-order valence-electron chi connectivity index (χ3n) is 9.72. The zero-order chi connectivity index (χ0) is 32.0. The number of rotatable bonds is 7. The molecule has 0 spiro atoms. The molecule has 0 bridgehead atoms. The summed E-state index contributed by atoms with van der Waals surface area (Å²) >= 11 is 0. The third-order valence-corrected chi connectivity index (χ3v) is 13.7. The molecule has 0 aliphatic heterocycles. The number of allylic oxidation sites excluding steroid dienone is 1. The normalized spacial score (nSPS) is 15.4. The second-order valence-corrected chi connectivity index (χ2v) is 15.5. The van der Waals surface area contributed by atoms with Crippen LogP contribution in [0.15, 0.2) is 172 Å². The van der Waals surface area contributed by atoms with Crippen LogP contribution in [-0.2, 0) is 5.75 Å². The molecule has 0 fully saturated rings. The van der Waals surface area contributed by atoms with Crippen molar-refractivity contribution < 1.29 is 9.59 Å². The molecule has 8 rings (SSSR count). The molecule has 1 atom stereocenters. The van der Waals surface area contributed by atoms with Crippen molar-refractivity contribution in [3.63, 3.8) is 0 Å². The molecule has 0 unspecified atom stereocenters. The van der Waals surface area contributed by atoms with Gasteiger partial charge in [-0.25, -0.2) is 0 Å². The zero-order valence-corrected chi connectivity index (χ0v) is 27.0. The number of benzene rings is 6. The summed E-state index contributed by atoms with van der Waals surface area (Å²) in [6, 6.07) is 53.3. The monoisotopic (exact) mass is 626 g/mol. The van der Waals surface area contributed by atoms with Gasteiger partial charge in [0.25, 0.3) is 0 Å². The van der Waals surface area contributed by atoms with Crippen LogP contribution in [0, 0.1) is 0 Å². The Labute approximate surface area is 277 Å². The maximum atomic E-state index is 13.8. The predicted octanol–water partition coefficient (Wildman–Crippen LogP) is 11.2. The summed E-state index contributed by atoms with van der Waals surface area (Å²) in [6.07, 6.45) is 3.06. The Morgan fingerprint density at radius 2 is 1.13 bits per heavy atom. The largest absolute Gasteiger partial charge is 0.285 e. The molecule has 2 nitrogen and oxygen atoms in total. The van der Waals surface area contributed by atoms with Crippen molar-refractivity contribution in [2.24, 2.45) is 0 Å². The van der Waals surface area contributed by atoms with Gasteiger partial charge in [0, 0.05) is 22.8 Å². The van der Waals surface area contributed by atoms with Crippen molar-refractivity contribution in [1.82, 2.24) is 0 Å². The minimum atomic E-state index is -1.67. The molecule has 0 amide bonds. The van der Waals surface area contributed by atoms with Crippen LogP contribution in [0.4, 0.5) is 0 Å². The van der Waals surface area contributed by atoms with Crippen molar-refractivity contribution in [3.05, 3.63) is 191 Å². The van der Waals surface area contributed by atoms with Gasteiger partial charge in [0.2, 0.25) is 11.6 Å². The van der Waals surface area contributed by atoms with E-state index in [-0.39, 0.29) is 5.92 Å². The lowest BCUT2D eigenvalue weighted by atomic mass is 9.84. The maximum absolute atomic E-state index is 13.8. The Morgan fingerprint density at radius 1 is 0.553 bits per heavy atom. The highest BCUT2D eigenvalue weighted by Gasteiger charge is 2.38. The number of carbonyl (C=O) groups excluding carboxylic acids is 2. The Bertz CT molecular complexity index is 2130. The molecule has 0 aromatic heterocycles. The van der Waals surface area contributed by atoms with Crippen LogP contribution in [-0.4, -0.2) is 11.6 Å². The first-order valence-electron chi connectivity index (χ1n) is 16.2. The topological polar surface area (TPSA) is 34.1 Å². The maximum Gasteiger partial charge on any atom is 0.233 e. The van der Waals surface area contributed by atoms with E-state index in [0.29, 0.717) is 11.1 Å². The van der Waals surface area contributed by atoms with Gasteiger partial charge in [-0.1, -0.05) is 128 Å². The van der Waals surface area contributed by atoms with E-state index in [1.54, 1.807) is 0 Å². The van der Waals surface area contributed by atoms with Crippen molar-refractivity contribution >= 4 is 27.7 Å². The Hall–Kier alpha value is -5.25. The SMILES string of the molecule is CCC1=Cc2cccc3c2[C@H]1c1ccc(-c2ccc(S(Cc4ccccc4)(c4ccccc4)c4ccccc4)cc2)cc1C(=O)C3=O. The van der Waals surface area contributed by atoms with Gasteiger partial charge in [-0.15, -0.1) is 0 Å². The summed E-state index contributed by atoms with van der Waals surface area (Å²) in [7, 11) is -1.67. The number of hydrogen-bond donors (Lipinski definition) is 0. The van der Waals surface area contributed by atoms with Crippen molar-refractivity contribution in [3.8, 4) is 11.1 Å². The van der Waals surface area contributed by atoms with E-state index in [9.17, 15) is 9.59 Å². The molecule has 0 radical (unpaired) electrons.